The summed E-state index contributed by atoms with van der Waals surface area (Å²) in [6.45, 7) is 11.0. The first-order valence-electron chi connectivity index (χ1n) is 13.1. The van der Waals surface area contributed by atoms with Crippen molar-refractivity contribution in [3.05, 3.63) is 82.5 Å². The highest BCUT2D eigenvalue weighted by Crippen LogP contribution is 2.51. The fourth-order valence-corrected chi connectivity index (χ4v) is 5.57. The van der Waals surface area contributed by atoms with E-state index in [0.717, 1.165) is 43.9 Å². The van der Waals surface area contributed by atoms with Crippen LogP contribution in [0, 0.1) is 5.92 Å². The van der Waals surface area contributed by atoms with Crippen molar-refractivity contribution in [1.29, 1.82) is 0 Å². The summed E-state index contributed by atoms with van der Waals surface area (Å²) in [6, 6.07) is 13.5. The van der Waals surface area contributed by atoms with Gasteiger partial charge < -0.3 is 19.3 Å². The van der Waals surface area contributed by atoms with Crippen LogP contribution in [0.4, 0.5) is 0 Å². The number of allylic oxidation sites excluding steroid dienone is 3. The van der Waals surface area contributed by atoms with Crippen LogP contribution in [0.3, 0.4) is 0 Å². The summed E-state index contributed by atoms with van der Waals surface area (Å²) < 4.78 is 11.8. The minimum absolute atomic E-state index is 0.200. The van der Waals surface area contributed by atoms with Gasteiger partial charge in [-0.25, -0.2) is 0 Å². The number of nitrogens with zero attached hydrogens (tertiary/aromatic N) is 2. The van der Waals surface area contributed by atoms with Crippen LogP contribution in [0.25, 0.3) is 0 Å². The van der Waals surface area contributed by atoms with E-state index in [4.69, 9.17) is 9.47 Å². The molecule has 3 rings (SSSR count). The lowest BCUT2D eigenvalue weighted by Crippen LogP contribution is -2.26. The van der Waals surface area contributed by atoms with Crippen molar-refractivity contribution < 1.29 is 9.47 Å². The quantitative estimate of drug-likeness (QED) is 0.344. The van der Waals surface area contributed by atoms with E-state index in [1.54, 1.807) is 14.2 Å². The summed E-state index contributed by atoms with van der Waals surface area (Å²) >= 11 is 0. The predicted octanol–water partition coefficient (Wildman–Crippen LogP) is 6.32. The lowest BCUT2D eigenvalue weighted by molar-refractivity contribution is 0.364. The van der Waals surface area contributed by atoms with Gasteiger partial charge in [0.25, 0.3) is 0 Å². The van der Waals surface area contributed by atoms with E-state index < -0.39 is 0 Å². The van der Waals surface area contributed by atoms with Crippen LogP contribution in [0.5, 0.6) is 11.5 Å². The first-order valence-corrected chi connectivity index (χ1v) is 13.1. The molecule has 0 bridgehead atoms. The molecule has 0 amide bonds. The molecule has 2 aromatic rings. The Morgan fingerprint density at radius 1 is 0.861 bits per heavy atom. The van der Waals surface area contributed by atoms with E-state index in [9.17, 15) is 0 Å². The minimum atomic E-state index is 0.200. The van der Waals surface area contributed by atoms with Crippen molar-refractivity contribution in [3.8, 4) is 11.5 Å². The summed E-state index contributed by atoms with van der Waals surface area (Å²) in [5.74, 6) is 2.67. The van der Waals surface area contributed by atoms with Gasteiger partial charge in [0.1, 0.15) is 11.5 Å². The van der Waals surface area contributed by atoms with Gasteiger partial charge in [0.2, 0.25) is 0 Å². The minimum Gasteiger partial charge on any atom is -0.496 e. The standard InChI is InChI=1S/C32H46N2O2/c1-22(2)32-28(26-20-24(14-16-33(4)5)10-12-30(26)35-8)18-23(3)19-29(32)27-21-25(15-17-34(6)7)11-13-31(27)36-9/h10-13,18,20-21,28-29,32H,1,14-17,19H2,2-9H3/t28-,29+,32+/m0/s1. The summed E-state index contributed by atoms with van der Waals surface area (Å²) in [5.41, 5.74) is 7.86. The Morgan fingerprint density at radius 3 is 1.83 bits per heavy atom. The van der Waals surface area contributed by atoms with Gasteiger partial charge in [-0.05, 0) is 102 Å². The van der Waals surface area contributed by atoms with Crippen LogP contribution in [0.1, 0.15) is 54.4 Å². The zero-order valence-electron chi connectivity index (χ0n) is 23.7. The third-order valence-corrected chi connectivity index (χ3v) is 7.44. The fraction of sp³-hybridized carbons (Fsp3) is 0.500. The molecule has 0 unspecified atom stereocenters. The van der Waals surface area contributed by atoms with E-state index in [1.165, 1.54) is 33.4 Å². The average Bonchev–Trinajstić information content (AvgIpc) is 2.85. The third-order valence-electron chi connectivity index (χ3n) is 7.44. The van der Waals surface area contributed by atoms with E-state index in [2.05, 4.69) is 101 Å². The summed E-state index contributed by atoms with van der Waals surface area (Å²) in [4.78, 5) is 4.47. The van der Waals surface area contributed by atoms with Gasteiger partial charge in [-0.1, -0.05) is 48.1 Å². The second-order valence-corrected chi connectivity index (χ2v) is 11.0. The molecule has 1 aliphatic carbocycles. The second kappa shape index (κ2) is 12.6. The molecule has 0 aliphatic heterocycles. The summed E-state index contributed by atoms with van der Waals surface area (Å²) in [7, 11) is 12.1. The highest BCUT2D eigenvalue weighted by Gasteiger charge is 2.37. The highest BCUT2D eigenvalue weighted by molar-refractivity contribution is 5.48. The van der Waals surface area contributed by atoms with Crippen molar-refractivity contribution in [2.24, 2.45) is 5.92 Å². The van der Waals surface area contributed by atoms with E-state index in [-0.39, 0.29) is 11.8 Å². The predicted molar refractivity (Wildman–Crippen MR) is 153 cm³/mol. The Hall–Kier alpha value is -2.56. The smallest absolute Gasteiger partial charge is 0.122 e. The van der Waals surface area contributed by atoms with Crippen molar-refractivity contribution in [3.63, 3.8) is 0 Å². The first-order chi connectivity index (χ1) is 17.1. The maximum Gasteiger partial charge on any atom is 0.122 e. The molecule has 2 aromatic carbocycles. The Morgan fingerprint density at radius 2 is 1.36 bits per heavy atom. The van der Waals surface area contributed by atoms with Crippen molar-refractivity contribution in [2.75, 3.05) is 55.5 Å². The van der Waals surface area contributed by atoms with Gasteiger partial charge in [-0.15, -0.1) is 0 Å². The normalized spacial score (nSPS) is 19.9. The number of methoxy groups -OCH3 is 2. The third kappa shape index (κ3) is 6.80. The Labute approximate surface area is 219 Å². The van der Waals surface area contributed by atoms with Gasteiger partial charge >= 0.3 is 0 Å². The first kappa shape index (κ1) is 28.0. The van der Waals surface area contributed by atoms with Gasteiger partial charge in [-0.2, -0.15) is 0 Å². The molecule has 0 fully saturated rings. The number of ether oxygens (including phenoxy) is 2. The van der Waals surface area contributed by atoms with Crippen LogP contribution in [0.2, 0.25) is 0 Å². The van der Waals surface area contributed by atoms with Crippen LogP contribution < -0.4 is 9.47 Å². The van der Waals surface area contributed by atoms with E-state index >= 15 is 0 Å². The molecule has 1 aliphatic rings. The topological polar surface area (TPSA) is 24.9 Å². The number of benzene rings is 2. The molecule has 0 saturated carbocycles. The molecule has 36 heavy (non-hydrogen) atoms. The SMILES string of the molecule is C=C(C)[C@H]1[C@@H](c2cc(CCN(C)C)ccc2OC)CC(C)=C[C@H]1c1cc(CCN(C)C)ccc1OC. The number of hydrogen-bond acceptors (Lipinski definition) is 4. The van der Waals surface area contributed by atoms with Crippen LogP contribution in [0.15, 0.2) is 60.2 Å². The molecule has 0 heterocycles. The largest absolute Gasteiger partial charge is 0.496 e. The zero-order valence-corrected chi connectivity index (χ0v) is 23.7. The Balaban J connectivity index is 2.08. The molecule has 0 saturated heterocycles. The molecule has 196 valence electrons. The molecule has 4 nitrogen and oxygen atoms in total. The number of rotatable bonds is 11. The summed E-state index contributed by atoms with van der Waals surface area (Å²) in [5, 5.41) is 0. The van der Waals surface area contributed by atoms with Gasteiger partial charge in [0.05, 0.1) is 14.2 Å². The van der Waals surface area contributed by atoms with Crippen LogP contribution >= 0.6 is 0 Å². The molecule has 3 atom stereocenters. The second-order valence-electron chi connectivity index (χ2n) is 11.0. The van der Waals surface area contributed by atoms with Crippen LogP contribution in [-0.4, -0.2) is 65.3 Å². The lowest BCUT2D eigenvalue weighted by Gasteiger charge is -2.39. The highest BCUT2D eigenvalue weighted by atomic mass is 16.5. The molecule has 0 spiro atoms. The van der Waals surface area contributed by atoms with Gasteiger partial charge in [0.15, 0.2) is 0 Å². The van der Waals surface area contributed by atoms with Gasteiger partial charge in [-0.3, -0.25) is 0 Å². The molecule has 0 radical (unpaired) electrons. The molecule has 0 aromatic heterocycles. The molecule has 4 heteroatoms. The molecular formula is C32H46N2O2. The van der Waals surface area contributed by atoms with Crippen molar-refractivity contribution in [2.45, 2.75) is 44.9 Å². The molecule has 0 N–H and O–H groups in total. The van der Waals surface area contributed by atoms with E-state index in [0.29, 0.717) is 5.92 Å². The van der Waals surface area contributed by atoms with Crippen LogP contribution in [-0.2, 0) is 12.8 Å². The number of likely N-dealkylation sites (N-methyl/N-ethyl adjacent to an activating group) is 2. The summed E-state index contributed by atoms with van der Waals surface area (Å²) in [6.07, 6.45) is 5.49. The zero-order chi connectivity index (χ0) is 26.4. The number of hydrogen-bond donors (Lipinski definition) is 0. The fourth-order valence-electron chi connectivity index (χ4n) is 5.57. The maximum absolute atomic E-state index is 5.91. The monoisotopic (exact) mass is 490 g/mol. The molecular weight excluding hydrogens is 444 g/mol. The lowest BCUT2D eigenvalue weighted by atomic mass is 9.65. The average molecular weight is 491 g/mol. The Kier molecular flexibility index (Phi) is 9.81. The van der Waals surface area contributed by atoms with E-state index in [1.807, 2.05) is 0 Å². The maximum atomic E-state index is 5.91. The Bertz CT molecular complexity index is 1070. The van der Waals surface area contributed by atoms with Gasteiger partial charge in [0, 0.05) is 24.6 Å². The van der Waals surface area contributed by atoms with Crippen molar-refractivity contribution >= 4 is 0 Å². The van der Waals surface area contributed by atoms with Crippen molar-refractivity contribution in [1.82, 2.24) is 9.80 Å².